The van der Waals surface area contributed by atoms with Crippen molar-refractivity contribution in [3.63, 3.8) is 0 Å². The van der Waals surface area contributed by atoms with Gasteiger partial charge in [-0.3, -0.25) is 9.59 Å². The van der Waals surface area contributed by atoms with Crippen molar-refractivity contribution in [2.24, 2.45) is 17.2 Å². The van der Waals surface area contributed by atoms with Crippen LogP contribution in [0.1, 0.15) is 59.5 Å². The zero-order valence-corrected chi connectivity index (χ0v) is 25.2. The molecule has 0 radical (unpaired) electrons. The highest BCUT2D eigenvalue weighted by atomic mass is 35.5. The quantitative estimate of drug-likeness (QED) is 0.292. The Morgan fingerprint density at radius 1 is 1.05 bits per heavy atom. The summed E-state index contributed by atoms with van der Waals surface area (Å²) in [6.45, 7) is -0.238. The molecule has 0 bridgehead atoms. The van der Waals surface area contributed by atoms with Crippen LogP contribution in [0.5, 0.6) is 5.75 Å². The van der Waals surface area contributed by atoms with Crippen molar-refractivity contribution in [2.75, 3.05) is 34.3 Å². The maximum absolute atomic E-state index is 15.5. The summed E-state index contributed by atoms with van der Waals surface area (Å²) in [4.78, 5) is 24.8. The fourth-order valence-corrected chi connectivity index (χ4v) is 4.80. The molecule has 6 N–H and O–H groups in total. The normalized spacial score (nSPS) is 13.5. The highest BCUT2D eigenvalue weighted by Gasteiger charge is 2.24. The van der Waals surface area contributed by atoms with Gasteiger partial charge in [0.2, 0.25) is 0 Å². The molecule has 1 fully saturated rings. The minimum atomic E-state index is -0.923. The number of amides is 1. The molecule has 0 heterocycles. The molecule has 1 saturated carbocycles. The Morgan fingerprint density at radius 2 is 1.69 bits per heavy atom. The molecule has 3 aromatic carbocycles. The van der Waals surface area contributed by atoms with Crippen LogP contribution >= 0.6 is 11.6 Å². The molecule has 10 heteroatoms. The molecule has 228 valence electrons. The molecule has 0 saturated heterocycles. The third-order valence-corrected chi connectivity index (χ3v) is 7.31. The molecule has 0 aliphatic heterocycles. The number of benzene rings is 3. The number of likely N-dealkylation sites (N-methyl/N-ethyl adjacent to an activating group) is 1. The van der Waals surface area contributed by atoms with Crippen molar-refractivity contribution >= 4 is 23.8 Å². The first-order valence-electron chi connectivity index (χ1n) is 13.9. The van der Waals surface area contributed by atoms with Gasteiger partial charge in [-0.05, 0) is 55.3 Å². The fraction of sp³-hybridized carbons (Fsp3) is 0.375. The van der Waals surface area contributed by atoms with Crippen molar-refractivity contribution in [2.45, 2.75) is 44.1 Å². The summed E-state index contributed by atoms with van der Waals surface area (Å²) in [7, 11) is 4.58. The average molecular weight is 603 g/mol. The van der Waals surface area contributed by atoms with Crippen LogP contribution in [0.4, 0.5) is 8.78 Å². The maximum atomic E-state index is 15.5. The molecule has 3 aromatic rings. The summed E-state index contributed by atoms with van der Waals surface area (Å²) in [6, 6.07) is 15.1. The first-order valence-corrected chi connectivity index (χ1v) is 14.2. The monoisotopic (exact) mass is 602 g/mol. The lowest BCUT2D eigenvalue weighted by Gasteiger charge is -2.19. The molecule has 0 spiro atoms. The van der Waals surface area contributed by atoms with E-state index >= 15 is 4.39 Å². The number of carbonyl (C=O) groups excluding carboxylic acids is 2. The van der Waals surface area contributed by atoms with Crippen molar-refractivity contribution < 1.29 is 23.1 Å². The Kier molecular flexibility index (Phi) is 14.6. The highest BCUT2D eigenvalue weighted by Crippen LogP contribution is 2.40. The Labute approximate surface area is 252 Å². The lowest BCUT2D eigenvalue weighted by molar-refractivity contribution is -0.130. The summed E-state index contributed by atoms with van der Waals surface area (Å²) >= 11 is 6.23. The number of hydrogen-bond acceptors (Lipinski definition) is 6. The first-order chi connectivity index (χ1) is 20.2. The molecule has 0 aromatic heterocycles. The number of nitrogens with two attached hydrogens (primary N) is 3. The second-order valence-corrected chi connectivity index (χ2v) is 10.4. The van der Waals surface area contributed by atoms with E-state index in [2.05, 4.69) is 5.73 Å². The number of carbonyl (C=O) groups is 2. The lowest BCUT2D eigenvalue weighted by Crippen LogP contribution is -2.27. The smallest absolute Gasteiger partial charge is 0.259 e. The minimum Gasteiger partial charge on any atom is -0.481 e. The second kappa shape index (κ2) is 17.6. The summed E-state index contributed by atoms with van der Waals surface area (Å²) in [5.74, 6) is -2.71. The number of ether oxygens (including phenoxy) is 1. The molecule has 4 rings (SSSR count). The van der Waals surface area contributed by atoms with Gasteiger partial charge in [-0.1, -0.05) is 61.2 Å². The first kappa shape index (κ1) is 34.8. The van der Waals surface area contributed by atoms with E-state index in [0.29, 0.717) is 17.9 Å². The Bertz CT molecular complexity index is 1300. The van der Waals surface area contributed by atoms with Crippen molar-refractivity contribution in [1.29, 1.82) is 0 Å². The number of hydrogen-bond donors (Lipinski definition) is 3. The molecule has 7 nitrogen and oxygen atoms in total. The molecule has 42 heavy (non-hydrogen) atoms. The summed E-state index contributed by atoms with van der Waals surface area (Å²) in [5, 5.41) is -0.342. The Hall–Kier alpha value is -3.37. The van der Waals surface area contributed by atoms with Gasteiger partial charge < -0.3 is 26.8 Å². The predicted octanol–water partition coefficient (Wildman–Crippen LogP) is 5.51. The zero-order valence-electron chi connectivity index (χ0n) is 24.4. The van der Waals surface area contributed by atoms with Gasteiger partial charge in [0.1, 0.15) is 5.82 Å². The zero-order chi connectivity index (χ0) is 31.2. The minimum absolute atomic E-state index is 0.00923. The van der Waals surface area contributed by atoms with Gasteiger partial charge in [-0.15, -0.1) is 0 Å². The molecule has 1 atom stereocenters. The topological polar surface area (TPSA) is 125 Å². The van der Waals surface area contributed by atoms with Crippen LogP contribution < -0.4 is 21.9 Å². The van der Waals surface area contributed by atoms with Crippen molar-refractivity contribution in [3.8, 4) is 16.9 Å². The highest BCUT2D eigenvalue weighted by molar-refractivity contribution is 6.33. The third-order valence-electron chi connectivity index (χ3n) is 6.93. The standard InChI is InChI=1S/C25H23ClF2N2O3.C6H13N.CH5N/c1-30(2)22(32)14-33-21-9-8-16(13-31)23(25(21)28)18-10-17(11-20(27)24(18)26)19(12-29)15-6-4-3-5-7-15;7-6-4-2-1-3-5-6;1-2/h3-11,13,19H,12,14,29H2,1-2H3;6H,1-5,7H2;2H2,1H3. The van der Waals surface area contributed by atoms with Crippen LogP contribution in [-0.2, 0) is 4.79 Å². The van der Waals surface area contributed by atoms with Crippen LogP contribution in [0, 0.1) is 11.6 Å². The number of aldehydes is 1. The largest absolute Gasteiger partial charge is 0.481 e. The number of halogens is 3. The fourth-order valence-electron chi connectivity index (χ4n) is 4.60. The van der Waals surface area contributed by atoms with E-state index in [1.54, 1.807) is 0 Å². The van der Waals surface area contributed by atoms with E-state index in [1.807, 2.05) is 30.3 Å². The maximum Gasteiger partial charge on any atom is 0.259 e. The van der Waals surface area contributed by atoms with E-state index < -0.39 is 18.2 Å². The average Bonchev–Trinajstić information content (AvgIpc) is 3.00. The van der Waals surface area contributed by atoms with Gasteiger partial charge in [-0.25, -0.2) is 8.78 Å². The molecule has 1 amide bonds. The lowest BCUT2D eigenvalue weighted by atomic mass is 9.88. The van der Waals surface area contributed by atoms with Crippen LogP contribution in [0.25, 0.3) is 11.1 Å². The van der Waals surface area contributed by atoms with Crippen LogP contribution in [0.3, 0.4) is 0 Å². The van der Waals surface area contributed by atoms with Gasteiger partial charge in [0.05, 0.1) is 5.02 Å². The van der Waals surface area contributed by atoms with Gasteiger partial charge in [0.15, 0.2) is 24.5 Å². The van der Waals surface area contributed by atoms with Crippen LogP contribution in [-0.4, -0.2) is 57.4 Å². The summed E-state index contributed by atoms with van der Waals surface area (Å²) < 4.78 is 35.7. The van der Waals surface area contributed by atoms with Crippen molar-refractivity contribution in [3.05, 3.63) is 87.9 Å². The second-order valence-electron chi connectivity index (χ2n) is 10.00. The van der Waals surface area contributed by atoms with Gasteiger partial charge >= 0.3 is 0 Å². The number of nitrogens with zero attached hydrogens (tertiary/aromatic N) is 1. The van der Waals surface area contributed by atoms with Crippen LogP contribution in [0.15, 0.2) is 54.6 Å². The molecule has 1 aliphatic rings. The van der Waals surface area contributed by atoms with E-state index in [0.717, 1.165) is 5.56 Å². The van der Waals surface area contributed by atoms with Gasteiger partial charge in [0, 0.05) is 49.3 Å². The van der Waals surface area contributed by atoms with E-state index in [1.165, 1.54) is 82.4 Å². The van der Waals surface area contributed by atoms with Gasteiger partial charge in [-0.2, -0.15) is 0 Å². The van der Waals surface area contributed by atoms with Crippen molar-refractivity contribution in [1.82, 2.24) is 4.90 Å². The Morgan fingerprint density at radius 3 is 2.21 bits per heavy atom. The SMILES string of the molecule is CN.CN(C)C(=O)COc1ccc(C=O)c(-c2cc(C(CN)c3ccccc3)cc(F)c2Cl)c1F.NC1CCCCC1. The third kappa shape index (κ3) is 9.32. The molecule has 1 unspecified atom stereocenters. The van der Waals surface area contributed by atoms with E-state index in [9.17, 15) is 14.0 Å². The van der Waals surface area contributed by atoms with Crippen LogP contribution in [0.2, 0.25) is 5.02 Å². The molecule has 1 aliphatic carbocycles. The van der Waals surface area contributed by atoms with E-state index in [4.69, 9.17) is 27.8 Å². The van der Waals surface area contributed by atoms with Gasteiger partial charge in [0.25, 0.3) is 5.91 Å². The summed E-state index contributed by atoms with van der Waals surface area (Å²) in [5.41, 5.74) is 17.2. The Balaban J connectivity index is 0.000000590. The number of rotatable bonds is 8. The van der Waals surface area contributed by atoms with E-state index in [-0.39, 0.29) is 45.8 Å². The molecular formula is C32H41ClF2N4O3. The summed E-state index contributed by atoms with van der Waals surface area (Å²) in [6.07, 6.45) is 7.11. The molecular weight excluding hydrogens is 562 g/mol. The predicted molar refractivity (Wildman–Crippen MR) is 165 cm³/mol.